The van der Waals surface area contributed by atoms with Crippen molar-refractivity contribution in [3.8, 4) is 0 Å². The lowest BCUT2D eigenvalue weighted by Crippen LogP contribution is -2.50. The van der Waals surface area contributed by atoms with Gasteiger partial charge in [0, 0.05) is 24.8 Å². The molecule has 1 heterocycles. The molecule has 0 spiro atoms. The summed E-state index contributed by atoms with van der Waals surface area (Å²) >= 11 is 0. The van der Waals surface area contributed by atoms with Gasteiger partial charge in [-0.25, -0.2) is 0 Å². The molecule has 1 aliphatic rings. The molecule has 2 atom stereocenters. The van der Waals surface area contributed by atoms with Crippen molar-refractivity contribution in [2.75, 3.05) is 13.2 Å². The molecule has 1 aromatic heterocycles. The molecule has 4 nitrogen and oxygen atoms in total. The monoisotopic (exact) mass is 263 g/mol. The summed E-state index contributed by atoms with van der Waals surface area (Å²) in [7, 11) is 0. The van der Waals surface area contributed by atoms with E-state index >= 15 is 0 Å². The molecule has 19 heavy (non-hydrogen) atoms. The number of hydrogen-bond acceptors (Lipinski definition) is 4. The summed E-state index contributed by atoms with van der Waals surface area (Å²) in [5.74, 6) is 0. The van der Waals surface area contributed by atoms with Crippen LogP contribution in [0.25, 0.3) is 0 Å². The van der Waals surface area contributed by atoms with Crippen molar-refractivity contribution in [1.29, 1.82) is 0 Å². The van der Waals surface area contributed by atoms with Gasteiger partial charge in [-0.1, -0.05) is 19.4 Å². The first-order valence-electron chi connectivity index (χ1n) is 7.31. The van der Waals surface area contributed by atoms with E-state index in [-0.39, 0.29) is 18.7 Å². The van der Waals surface area contributed by atoms with Crippen molar-refractivity contribution < 1.29 is 5.11 Å². The van der Waals surface area contributed by atoms with Gasteiger partial charge in [0.25, 0.3) is 0 Å². The molecule has 1 fully saturated rings. The number of aliphatic hydroxyl groups excluding tert-OH is 1. The van der Waals surface area contributed by atoms with Crippen molar-refractivity contribution in [2.45, 2.75) is 50.7 Å². The Hall–Kier alpha value is -0.970. The molecule has 2 unspecified atom stereocenters. The van der Waals surface area contributed by atoms with Crippen LogP contribution < -0.4 is 5.73 Å². The largest absolute Gasteiger partial charge is 0.395 e. The molecular weight excluding hydrogens is 238 g/mol. The Morgan fingerprint density at radius 2 is 2.26 bits per heavy atom. The number of hydrogen-bond donors (Lipinski definition) is 2. The van der Waals surface area contributed by atoms with Gasteiger partial charge in [0.1, 0.15) is 0 Å². The maximum atomic E-state index is 9.35. The van der Waals surface area contributed by atoms with Gasteiger partial charge in [-0.2, -0.15) is 0 Å². The normalized spacial score (nSPS) is 19.2. The average Bonchev–Trinajstić information content (AvgIpc) is 2.38. The fourth-order valence-electron chi connectivity index (χ4n) is 2.79. The third-order valence-corrected chi connectivity index (χ3v) is 4.13. The smallest absolute Gasteiger partial charge is 0.0676 e. The molecule has 1 aromatic rings. The molecule has 0 radical (unpaired) electrons. The molecule has 4 heteroatoms. The van der Waals surface area contributed by atoms with Gasteiger partial charge in [0.2, 0.25) is 0 Å². The van der Waals surface area contributed by atoms with Crippen LogP contribution in [0.15, 0.2) is 24.4 Å². The highest BCUT2D eigenvalue weighted by Crippen LogP contribution is 2.33. The Morgan fingerprint density at radius 1 is 1.47 bits per heavy atom. The van der Waals surface area contributed by atoms with Crippen LogP contribution in [-0.2, 0) is 0 Å². The summed E-state index contributed by atoms with van der Waals surface area (Å²) in [4.78, 5) is 6.85. The van der Waals surface area contributed by atoms with E-state index in [4.69, 9.17) is 5.73 Å². The fraction of sp³-hybridized carbons (Fsp3) is 0.667. The first-order valence-corrected chi connectivity index (χ1v) is 7.31. The lowest BCUT2D eigenvalue weighted by atomic mass is 9.88. The molecular formula is C15H25N3O. The van der Waals surface area contributed by atoms with Crippen LogP contribution in [0.3, 0.4) is 0 Å². The second-order valence-electron chi connectivity index (χ2n) is 5.32. The Labute approximate surface area is 115 Å². The van der Waals surface area contributed by atoms with Crippen LogP contribution in [0.4, 0.5) is 0 Å². The molecule has 0 aromatic carbocycles. The molecule has 1 aliphatic carbocycles. The Kier molecular flexibility index (Phi) is 5.31. The highest BCUT2D eigenvalue weighted by atomic mass is 16.3. The number of pyridine rings is 1. The van der Waals surface area contributed by atoms with Gasteiger partial charge in [0.05, 0.1) is 18.3 Å². The van der Waals surface area contributed by atoms with Crippen LogP contribution in [-0.4, -0.2) is 40.2 Å². The predicted octanol–water partition coefficient (Wildman–Crippen LogP) is 1.71. The molecule has 3 N–H and O–H groups in total. The predicted molar refractivity (Wildman–Crippen MR) is 76.7 cm³/mol. The molecule has 0 amide bonds. The van der Waals surface area contributed by atoms with Crippen LogP contribution in [0.2, 0.25) is 0 Å². The van der Waals surface area contributed by atoms with Crippen LogP contribution in [0.1, 0.15) is 44.3 Å². The zero-order valence-corrected chi connectivity index (χ0v) is 11.7. The van der Waals surface area contributed by atoms with Gasteiger partial charge >= 0.3 is 0 Å². The van der Waals surface area contributed by atoms with Gasteiger partial charge in [0.15, 0.2) is 0 Å². The van der Waals surface area contributed by atoms with Crippen LogP contribution in [0, 0.1) is 0 Å². The van der Waals surface area contributed by atoms with E-state index < -0.39 is 0 Å². The minimum absolute atomic E-state index is 0.0575. The summed E-state index contributed by atoms with van der Waals surface area (Å²) in [5, 5.41) is 9.35. The Balaban J connectivity index is 2.24. The summed E-state index contributed by atoms with van der Waals surface area (Å²) in [6, 6.07) is 6.71. The Bertz CT molecular complexity index is 367. The fourth-order valence-corrected chi connectivity index (χ4v) is 2.79. The lowest BCUT2D eigenvalue weighted by Gasteiger charge is -2.44. The van der Waals surface area contributed by atoms with E-state index in [2.05, 4.69) is 16.8 Å². The third-order valence-electron chi connectivity index (χ3n) is 4.13. The molecule has 0 saturated heterocycles. The summed E-state index contributed by atoms with van der Waals surface area (Å²) in [6.45, 7) is 2.97. The molecule has 2 rings (SSSR count). The van der Waals surface area contributed by atoms with Gasteiger partial charge in [-0.3, -0.25) is 9.88 Å². The van der Waals surface area contributed by atoms with E-state index in [0.717, 1.165) is 12.1 Å². The summed E-state index contributed by atoms with van der Waals surface area (Å²) in [6.07, 6.45) is 6.43. The lowest BCUT2D eigenvalue weighted by molar-refractivity contribution is 0.0455. The number of rotatable bonds is 7. The molecule has 106 valence electrons. The topological polar surface area (TPSA) is 62.4 Å². The first kappa shape index (κ1) is 14.4. The molecule has 0 aliphatic heterocycles. The zero-order chi connectivity index (χ0) is 13.7. The van der Waals surface area contributed by atoms with Crippen molar-refractivity contribution in [1.82, 2.24) is 9.88 Å². The number of aliphatic hydroxyl groups is 1. The third kappa shape index (κ3) is 3.32. The minimum Gasteiger partial charge on any atom is -0.395 e. The van der Waals surface area contributed by atoms with Gasteiger partial charge < -0.3 is 10.8 Å². The second kappa shape index (κ2) is 6.98. The van der Waals surface area contributed by atoms with Crippen molar-refractivity contribution in [3.63, 3.8) is 0 Å². The summed E-state index contributed by atoms with van der Waals surface area (Å²) in [5.41, 5.74) is 7.36. The first-order chi connectivity index (χ1) is 9.27. The maximum absolute atomic E-state index is 9.35. The van der Waals surface area contributed by atoms with E-state index in [1.807, 2.05) is 24.4 Å². The molecule has 1 saturated carbocycles. The minimum atomic E-state index is 0.0575. The van der Waals surface area contributed by atoms with E-state index in [0.29, 0.717) is 12.6 Å². The summed E-state index contributed by atoms with van der Waals surface area (Å²) < 4.78 is 0. The highest BCUT2D eigenvalue weighted by molar-refractivity contribution is 5.12. The van der Waals surface area contributed by atoms with Gasteiger partial charge in [-0.15, -0.1) is 0 Å². The van der Waals surface area contributed by atoms with Gasteiger partial charge in [-0.05, 0) is 31.4 Å². The van der Waals surface area contributed by atoms with E-state index in [9.17, 15) is 5.11 Å². The number of nitrogens with zero attached hydrogens (tertiary/aromatic N) is 2. The van der Waals surface area contributed by atoms with Crippen molar-refractivity contribution in [2.24, 2.45) is 5.73 Å². The highest BCUT2D eigenvalue weighted by Gasteiger charge is 2.34. The SMILES string of the molecule is CCC(N)C(c1ccccn1)N(CCO)C1CCC1. The van der Waals surface area contributed by atoms with Crippen LogP contribution >= 0.6 is 0 Å². The maximum Gasteiger partial charge on any atom is 0.0676 e. The van der Waals surface area contributed by atoms with Crippen LogP contribution in [0.5, 0.6) is 0 Å². The van der Waals surface area contributed by atoms with E-state index in [1.54, 1.807) is 0 Å². The average molecular weight is 263 g/mol. The second-order valence-corrected chi connectivity index (χ2v) is 5.32. The standard InChI is InChI=1S/C15H25N3O/c1-2-13(16)15(14-8-3-4-9-17-14)18(10-11-19)12-6-5-7-12/h3-4,8-9,12-13,15,19H,2,5-7,10-11,16H2,1H3. The zero-order valence-electron chi connectivity index (χ0n) is 11.7. The number of aromatic nitrogens is 1. The number of nitrogens with two attached hydrogens (primary N) is 1. The quantitative estimate of drug-likeness (QED) is 0.786. The van der Waals surface area contributed by atoms with Crippen molar-refractivity contribution in [3.05, 3.63) is 30.1 Å². The van der Waals surface area contributed by atoms with E-state index in [1.165, 1.54) is 19.3 Å². The Morgan fingerprint density at radius 3 is 2.74 bits per heavy atom. The van der Waals surface area contributed by atoms with Crippen molar-refractivity contribution >= 4 is 0 Å². The molecule has 0 bridgehead atoms.